The van der Waals surface area contributed by atoms with Crippen LogP contribution in [0.4, 0.5) is 21.9 Å². The van der Waals surface area contributed by atoms with Gasteiger partial charge in [0.15, 0.2) is 0 Å². The van der Waals surface area contributed by atoms with E-state index < -0.39 is 0 Å². The van der Waals surface area contributed by atoms with E-state index in [1.807, 2.05) is 68.4 Å². The van der Waals surface area contributed by atoms with Crippen LogP contribution in [0.15, 0.2) is 71.6 Å². The van der Waals surface area contributed by atoms with Crippen LogP contribution in [0.1, 0.15) is 18.1 Å². The molecule has 0 fully saturated rings. The van der Waals surface area contributed by atoms with Gasteiger partial charge in [0.2, 0.25) is 5.91 Å². The largest absolute Gasteiger partial charge is 0.494 e. The molecule has 1 aliphatic heterocycles. The van der Waals surface area contributed by atoms with E-state index in [0.29, 0.717) is 30.3 Å². The number of benzene rings is 3. The number of ether oxygens (including phenoxy) is 1. The van der Waals surface area contributed by atoms with Gasteiger partial charge in [-0.05, 0) is 61.9 Å². The molecule has 32 heavy (non-hydrogen) atoms. The molecule has 3 amide bonds. The maximum Gasteiger partial charge on any atom is 0.323 e. The monoisotopic (exact) mass is 447 g/mol. The molecule has 0 saturated heterocycles. The van der Waals surface area contributed by atoms with Crippen LogP contribution >= 0.6 is 11.8 Å². The molecule has 0 aliphatic carbocycles. The number of carbonyl (C=O) groups is 2. The van der Waals surface area contributed by atoms with E-state index in [2.05, 4.69) is 10.6 Å². The van der Waals surface area contributed by atoms with Crippen LogP contribution in [0.3, 0.4) is 0 Å². The first kappa shape index (κ1) is 21.8. The zero-order valence-electron chi connectivity index (χ0n) is 18.1. The standard InChI is InChI=1S/C25H25N3O3S/c1-3-31-21-11-8-19(9-12-21)26-25(30)27-20-10-13-23-22(14-20)28(24(29)16-32-23)15-18-6-4-17(2)5-7-18/h4-14H,3,15-16H2,1-2H3,(H2,26,27,30). The lowest BCUT2D eigenvalue weighted by Gasteiger charge is -2.29. The Kier molecular flexibility index (Phi) is 6.66. The molecule has 0 atom stereocenters. The maximum atomic E-state index is 12.7. The highest BCUT2D eigenvalue weighted by atomic mass is 32.2. The molecule has 3 aromatic carbocycles. The second-order valence-electron chi connectivity index (χ2n) is 7.47. The number of urea groups is 1. The number of nitrogens with one attached hydrogen (secondary N) is 2. The third-order valence-corrected chi connectivity index (χ3v) is 6.09. The Morgan fingerprint density at radius 1 is 1.00 bits per heavy atom. The van der Waals surface area contributed by atoms with Gasteiger partial charge in [0, 0.05) is 16.3 Å². The van der Waals surface area contributed by atoms with E-state index in [4.69, 9.17) is 4.74 Å². The molecule has 1 heterocycles. The van der Waals surface area contributed by atoms with Gasteiger partial charge in [-0.1, -0.05) is 29.8 Å². The topological polar surface area (TPSA) is 70.7 Å². The molecule has 1 aliphatic rings. The van der Waals surface area contributed by atoms with Crippen molar-refractivity contribution in [1.82, 2.24) is 0 Å². The first-order chi connectivity index (χ1) is 15.5. The maximum absolute atomic E-state index is 12.7. The van der Waals surface area contributed by atoms with Crippen molar-refractivity contribution in [2.75, 3.05) is 27.9 Å². The van der Waals surface area contributed by atoms with Crippen LogP contribution in [0, 0.1) is 6.92 Å². The number of thioether (sulfide) groups is 1. The van der Waals surface area contributed by atoms with Crippen molar-refractivity contribution < 1.29 is 14.3 Å². The van der Waals surface area contributed by atoms with Crippen LogP contribution < -0.4 is 20.3 Å². The van der Waals surface area contributed by atoms with Gasteiger partial charge >= 0.3 is 6.03 Å². The third kappa shape index (κ3) is 5.23. The Labute approximate surface area is 192 Å². The van der Waals surface area contributed by atoms with Gasteiger partial charge in [-0.25, -0.2) is 4.79 Å². The van der Waals surface area contributed by atoms with Crippen LogP contribution in [0.25, 0.3) is 0 Å². The molecule has 6 nitrogen and oxygen atoms in total. The second-order valence-corrected chi connectivity index (χ2v) is 8.49. The second kappa shape index (κ2) is 9.78. The average Bonchev–Trinajstić information content (AvgIpc) is 2.78. The predicted molar refractivity (Wildman–Crippen MR) is 130 cm³/mol. The first-order valence-corrected chi connectivity index (χ1v) is 11.4. The van der Waals surface area contributed by atoms with Gasteiger partial charge in [-0.3, -0.25) is 4.79 Å². The zero-order valence-corrected chi connectivity index (χ0v) is 18.9. The van der Waals surface area contributed by atoms with Gasteiger partial charge in [0.1, 0.15) is 5.75 Å². The van der Waals surface area contributed by atoms with Crippen LogP contribution in [0.2, 0.25) is 0 Å². The lowest BCUT2D eigenvalue weighted by Crippen LogP contribution is -2.34. The Bertz CT molecular complexity index is 1110. The van der Waals surface area contributed by atoms with Gasteiger partial charge in [-0.15, -0.1) is 11.8 Å². The Hall–Kier alpha value is -3.45. The summed E-state index contributed by atoms with van der Waals surface area (Å²) in [6, 6.07) is 20.7. The fourth-order valence-electron chi connectivity index (χ4n) is 3.42. The fourth-order valence-corrected chi connectivity index (χ4v) is 4.34. The minimum Gasteiger partial charge on any atom is -0.494 e. The van der Waals surface area contributed by atoms with Crippen molar-refractivity contribution in [1.29, 1.82) is 0 Å². The van der Waals surface area contributed by atoms with E-state index in [0.717, 1.165) is 21.9 Å². The smallest absolute Gasteiger partial charge is 0.323 e. The zero-order chi connectivity index (χ0) is 22.5. The number of aryl methyl sites for hydroxylation is 1. The van der Waals surface area contributed by atoms with Crippen molar-refractivity contribution in [2.45, 2.75) is 25.3 Å². The van der Waals surface area contributed by atoms with Gasteiger partial charge in [-0.2, -0.15) is 0 Å². The first-order valence-electron chi connectivity index (χ1n) is 10.5. The molecule has 3 aromatic rings. The lowest BCUT2D eigenvalue weighted by molar-refractivity contribution is -0.116. The van der Waals surface area contributed by atoms with Crippen LogP contribution in [-0.4, -0.2) is 24.3 Å². The van der Waals surface area contributed by atoms with Crippen molar-refractivity contribution >= 4 is 40.8 Å². The minimum atomic E-state index is -0.353. The number of hydrogen-bond donors (Lipinski definition) is 2. The average molecular weight is 448 g/mol. The van der Waals surface area contributed by atoms with Gasteiger partial charge < -0.3 is 20.3 Å². The minimum absolute atomic E-state index is 0.0547. The Balaban J connectivity index is 1.47. The summed E-state index contributed by atoms with van der Waals surface area (Å²) in [5.74, 6) is 1.21. The Morgan fingerprint density at radius 3 is 2.41 bits per heavy atom. The van der Waals surface area contributed by atoms with Crippen LogP contribution in [0.5, 0.6) is 5.75 Å². The molecule has 4 rings (SSSR count). The summed E-state index contributed by atoms with van der Waals surface area (Å²) in [5, 5.41) is 5.67. The number of rotatable bonds is 6. The predicted octanol–water partition coefficient (Wildman–Crippen LogP) is 5.68. The lowest BCUT2D eigenvalue weighted by atomic mass is 10.1. The van der Waals surface area contributed by atoms with E-state index in [1.54, 1.807) is 17.0 Å². The summed E-state index contributed by atoms with van der Waals surface area (Å²) in [5.41, 5.74) is 4.34. The SMILES string of the molecule is CCOc1ccc(NC(=O)Nc2ccc3c(c2)N(Cc2ccc(C)cc2)C(=O)CS3)cc1. The highest BCUT2D eigenvalue weighted by molar-refractivity contribution is 8.00. The number of anilines is 3. The summed E-state index contributed by atoms with van der Waals surface area (Å²) < 4.78 is 5.42. The molecule has 164 valence electrons. The molecule has 2 N–H and O–H groups in total. The number of hydrogen-bond acceptors (Lipinski definition) is 4. The molecule has 0 aromatic heterocycles. The van der Waals surface area contributed by atoms with Crippen molar-refractivity contribution in [3.05, 3.63) is 77.9 Å². The molecule has 7 heteroatoms. The highest BCUT2D eigenvalue weighted by Crippen LogP contribution is 2.38. The van der Waals surface area contributed by atoms with E-state index >= 15 is 0 Å². The molecule has 0 bridgehead atoms. The number of amides is 3. The van der Waals surface area contributed by atoms with E-state index in [9.17, 15) is 9.59 Å². The van der Waals surface area contributed by atoms with Gasteiger partial charge in [0.25, 0.3) is 0 Å². The normalized spacial score (nSPS) is 12.8. The summed E-state index contributed by atoms with van der Waals surface area (Å²) >= 11 is 1.52. The molecular formula is C25H25N3O3S. The molecular weight excluding hydrogens is 422 g/mol. The molecule has 0 spiro atoms. The van der Waals surface area contributed by atoms with Crippen molar-refractivity contribution in [3.63, 3.8) is 0 Å². The fraction of sp³-hybridized carbons (Fsp3) is 0.200. The number of carbonyl (C=O) groups excluding carboxylic acids is 2. The van der Waals surface area contributed by atoms with E-state index in [1.165, 1.54) is 17.3 Å². The third-order valence-electron chi connectivity index (χ3n) is 5.04. The van der Waals surface area contributed by atoms with Gasteiger partial charge in [0.05, 0.1) is 24.6 Å². The number of nitrogens with zero attached hydrogens (tertiary/aromatic N) is 1. The summed E-state index contributed by atoms with van der Waals surface area (Å²) in [6.07, 6.45) is 0. The summed E-state index contributed by atoms with van der Waals surface area (Å²) in [4.78, 5) is 28.0. The number of fused-ring (bicyclic) bond motifs is 1. The van der Waals surface area contributed by atoms with Crippen molar-refractivity contribution in [2.24, 2.45) is 0 Å². The molecule has 0 radical (unpaired) electrons. The summed E-state index contributed by atoms with van der Waals surface area (Å²) in [7, 11) is 0. The quantitative estimate of drug-likeness (QED) is 0.510. The highest BCUT2D eigenvalue weighted by Gasteiger charge is 2.25. The molecule has 0 unspecified atom stereocenters. The summed E-state index contributed by atoms with van der Waals surface area (Å²) in [6.45, 7) is 5.05. The van der Waals surface area contributed by atoms with Crippen LogP contribution in [-0.2, 0) is 11.3 Å². The Morgan fingerprint density at radius 2 is 1.69 bits per heavy atom. The van der Waals surface area contributed by atoms with E-state index in [-0.39, 0.29) is 11.9 Å². The van der Waals surface area contributed by atoms with Crippen molar-refractivity contribution in [3.8, 4) is 5.75 Å². The molecule has 0 saturated carbocycles.